The average Bonchev–Trinajstić information content (AvgIpc) is 2.58. The zero-order valence-corrected chi connectivity index (χ0v) is 12.6. The Morgan fingerprint density at radius 3 is 2.68 bits per heavy atom. The van der Waals surface area contributed by atoms with Crippen molar-refractivity contribution in [3.63, 3.8) is 0 Å². The second kappa shape index (κ2) is 8.51. The molecule has 6 heteroatoms. The normalized spacial score (nSPS) is 21.1. The van der Waals surface area contributed by atoms with Crippen molar-refractivity contribution in [2.24, 2.45) is 11.7 Å². The fourth-order valence-electron chi connectivity index (χ4n) is 2.62. The van der Waals surface area contributed by atoms with Gasteiger partial charge in [-0.25, -0.2) is 0 Å². The molecular formula is C16H23N3O3. The Kier molecular flexibility index (Phi) is 6.36. The van der Waals surface area contributed by atoms with E-state index in [9.17, 15) is 9.59 Å². The molecular weight excluding hydrogens is 282 g/mol. The fraction of sp³-hybridized carbons (Fsp3) is 0.500. The highest BCUT2D eigenvalue weighted by atomic mass is 16.5. The quantitative estimate of drug-likeness (QED) is 0.707. The summed E-state index contributed by atoms with van der Waals surface area (Å²) in [6.45, 7) is 1.13. The van der Waals surface area contributed by atoms with Gasteiger partial charge in [-0.15, -0.1) is 0 Å². The van der Waals surface area contributed by atoms with E-state index < -0.39 is 0 Å². The van der Waals surface area contributed by atoms with Gasteiger partial charge in [-0.2, -0.15) is 0 Å². The number of nitrogens with two attached hydrogens (primary N) is 1. The van der Waals surface area contributed by atoms with E-state index in [1.54, 1.807) is 0 Å². The van der Waals surface area contributed by atoms with E-state index in [2.05, 4.69) is 10.6 Å². The van der Waals surface area contributed by atoms with Crippen molar-refractivity contribution in [3.8, 4) is 0 Å². The van der Waals surface area contributed by atoms with Crippen LogP contribution in [0.25, 0.3) is 0 Å². The van der Waals surface area contributed by atoms with E-state index in [0.29, 0.717) is 6.54 Å². The molecule has 1 heterocycles. The van der Waals surface area contributed by atoms with Crippen LogP contribution in [0.1, 0.15) is 24.5 Å². The lowest BCUT2D eigenvalue weighted by Gasteiger charge is -2.32. The van der Waals surface area contributed by atoms with Crippen molar-refractivity contribution in [2.45, 2.75) is 18.9 Å². The molecule has 120 valence electrons. The first-order valence-electron chi connectivity index (χ1n) is 7.60. The molecule has 2 atom stereocenters. The van der Waals surface area contributed by atoms with Gasteiger partial charge < -0.3 is 21.1 Å². The summed E-state index contributed by atoms with van der Waals surface area (Å²) in [7, 11) is 0. The van der Waals surface area contributed by atoms with Gasteiger partial charge in [-0.3, -0.25) is 9.59 Å². The molecule has 0 spiro atoms. The zero-order chi connectivity index (χ0) is 15.8. The van der Waals surface area contributed by atoms with Crippen molar-refractivity contribution in [2.75, 3.05) is 26.2 Å². The van der Waals surface area contributed by atoms with Crippen molar-refractivity contribution < 1.29 is 14.3 Å². The van der Waals surface area contributed by atoms with Crippen LogP contribution in [-0.4, -0.2) is 38.1 Å². The van der Waals surface area contributed by atoms with Gasteiger partial charge in [0.25, 0.3) is 0 Å². The highest BCUT2D eigenvalue weighted by Gasteiger charge is 2.27. The molecule has 0 aliphatic carbocycles. The number of carbonyl (C=O) groups is 2. The second-order valence-corrected chi connectivity index (χ2v) is 5.39. The van der Waals surface area contributed by atoms with Crippen LogP contribution >= 0.6 is 0 Å². The summed E-state index contributed by atoms with van der Waals surface area (Å²) in [6, 6.07) is 10.1. The van der Waals surface area contributed by atoms with E-state index >= 15 is 0 Å². The summed E-state index contributed by atoms with van der Waals surface area (Å²) in [5.41, 5.74) is 6.31. The van der Waals surface area contributed by atoms with Crippen LogP contribution in [0.5, 0.6) is 0 Å². The van der Waals surface area contributed by atoms with Crippen molar-refractivity contribution >= 4 is 11.8 Å². The number of amides is 2. The van der Waals surface area contributed by atoms with E-state index in [4.69, 9.17) is 10.5 Å². The summed E-state index contributed by atoms with van der Waals surface area (Å²) in [5.74, 6) is -0.303. The van der Waals surface area contributed by atoms with E-state index in [1.165, 1.54) is 0 Å². The largest absolute Gasteiger partial charge is 0.373 e. The number of rotatable bonds is 6. The third-order valence-corrected chi connectivity index (χ3v) is 3.77. The van der Waals surface area contributed by atoms with Crippen LogP contribution in [0, 0.1) is 5.92 Å². The summed E-state index contributed by atoms with van der Waals surface area (Å²) >= 11 is 0. The highest BCUT2D eigenvalue weighted by molar-refractivity contribution is 5.85. The third-order valence-electron chi connectivity index (χ3n) is 3.77. The summed E-state index contributed by atoms with van der Waals surface area (Å²) in [6.07, 6.45) is 2.01. The minimum absolute atomic E-state index is 0.00822. The molecule has 4 N–H and O–H groups in total. The minimum Gasteiger partial charge on any atom is -0.373 e. The molecule has 1 saturated heterocycles. The Labute approximate surface area is 130 Å². The fourth-order valence-corrected chi connectivity index (χ4v) is 2.62. The SMILES string of the molecule is NCC(=O)NCC(=O)NCC1CCCOC1c1ccccc1. The van der Waals surface area contributed by atoms with Crippen LogP contribution in [0.2, 0.25) is 0 Å². The van der Waals surface area contributed by atoms with Gasteiger partial charge in [0.05, 0.1) is 19.2 Å². The van der Waals surface area contributed by atoms with E-state index in [0.717, 1.165) is 25.0 Å². The Morgan fingerprint density at radius 2 is 1.95 bits per heavy atom. The first-order valence-corrected chi connectivity index (χ1v) is 7.60. The van der Waals surface area contributed by atoms with Gasteiger partial charge in [0.15, 0.2) is 0 Å². The van der Waals surface area contributed by atoms with E-state index in [-0.39, 0.29) is 36.9 Å². The second-order valence-electron chi connectivity index (χ2n) is 5.39. The molecule has 1 fully saturated rings. The van der Waals surface area contributed by atoms with Crippen LogP contribution in [0.15, 0.2) is 30.3 Å². The average molecular weight is 305 g/mol. The van der Waals surface area contributed by atoms with Gasteiger partial charge in [0, 0.05) is 19.1 Å². The van der Waals surface area contributed by atoms with Crippen LogP contribution in [-0.2, 0) is 14.3 Å². The smallest absolute Gasteiger partial charge is 0.239 e. The number of hydrogen-bond donors (Lipinski definition) is 3. The molecule has 0 aromatic heterocycles. The minimum atomic E-state index is -0.335. The Balaban J connectivity index is 1.84. The van der Waals surface area contributed by atoms with Gasteiger partial charge >= 0.3 is 0 Å². The van der Waals surface area contributed by atoms with Crippen molar-refractivity contribution in [3.05, 3.63) is 35.9 Å². The van der Waals surface area contributed by atoms with Gasteiger partial charge in [-0.1, -0.05) is 30.3 Å². The molecule has 22 heavy (non-hydrogen) atoms. The molecule has 2 rings (SSSR count). The Morgan fingerprint density at radius 1 is 1.18 bits per heavy atom. The molecule has 0 radical (unpaired) electrons. The third kappa shape index (κ3) is 4.82. The van der Waals surface area contributed by atoms with Gasteiger partial charge in [0.1, 0.15) is 0 Å². The maximum Gasteiger partial charge on any atom is 0.239 e. The maximum absolute atomic E-state index is 11.7. The molecule has 2 unspecified atom stereocenters. The molecule has 1 aliphatic rings. The van der Waals surface area contributed by atoms with E-state index in [1.807, 2.05) is 30.3 Å². The van der Waals surface area contributed by atoms with Crippen LogP contribution < -0.4 is 16.4 Å². The predicted molar refractivity (Wildman–Crippen MR) is 82.9 cm³/mol. The monoisotopic (exact) mass is 305 g/mol. The molecule has 2 amide bonds. The topological polar surface area (TPSA) is 93.5 Å². The summed E-state index contributed by atoms with van der Waals surface area (Å²) in [5, 5.41) is 5.31. The maximum atomic E-state index is 11.7. The van der Waals surface area contributed by atoms with Crippen LogP contribution in [0.3, 0.4) is 0 Å². The first kappa shape index (κ1) is 16.5. The van der Waals surface area contributed by atoms with Crippen molar-refractivity contribution in [1.29, 1.82) is 0 Å². The number of ether oxygens (including phenoxy) is 1. The number of hydrogen-bond acceptors (Lipinski definition) is 4. The highest BCUT2D eigenvalue weighted by Crippen LogP contribution is 2.32. The first-order chi connectivity index (χ1) is 10.7. The lowest BCUT2D eigenvalue weighted by molar-refractivity contribution is -0.125. The summed E-state index contributed by atoms with van der Waals surface area (Å²) in [4.78, 5) is 22.8. The predicted octanol–water partition coefficient (Wildman–Crippen LogP) is 0.345. The molecule has 1 aromatic rings. The molecule has 6 nitrogen and oxygen atoms in total. The van der Waals surface area contributed by atoms with Crippen LogP contribution in [0.4, 0.5) is 0 Å². The van der Waals surface area contributed by atoms with Gasteiger partial charge in [-0.05, 0) is 18.4 Å². The zero-order valence-electron chi connectivity index (χ0n) is 12.6. The number of carbonyl (C=O) groups excluding carboxylic acids is 2. The molecule has 1 aromatic carbocycles. The Bertz CT molecular complexity index is 493. The summed E-state index contributed by atoms with van der Waals surface area (Å²) < 4.78 is 5.89. The standard InChI is InChI=1S/C16H23N3O3/c17-9-14(20)19-11-15(21)18-10-13-7-4-8-22-16(13)12-5-2-1-3-6-12/h1-3,5-6,13,16H,4,7-11,17H2,(H,18,21)(H,19,20). The molecule has 0 saturated carbocycles. The lowest BCUT2D eigenvalue weighted by atomic mass is 9.89. The molecule has 1 aliphatic heterocycles. The van der Waals surface area contributed by atoms with Crippen molar-refractivity contribution in [1.82, 2.24) is 10.6 Å². The lowest BCUT2D eigenvalue weighted by Crippen LogP contribution is -2.42. The Hall–Kier alpha value is -1.92. The number of benzene rings is 1. The molecule has 0 bridgehead atoms. The number of nitrogens with one attached hydrogen (secondary N) is 2. The van der Waals surface area contributed by atoms with Gasteiger partial charge in [0.2, 0.25) is 11.8 Å².